The van der Waals surface area contributed by atoms with Gasteiger partial charge in [-0.1, -0.05) is 77.9 Å². The molecule has 0 atom stereocenters. The van der Waals surface area contributed by atoms with Gasteiger partial charge >= 0.3 is 11.9 Å². The van der Waals surface area contributed by atoms with Gasteiger partial charge < -0.3 is 15.9 Å². The van der Waals surface area contributed by atoms with Gasteiger partial charge in [-0.05, 0) is 67.5 Å². The number of carbonyl (C=O) groups is 2. The van der Waals surface area contributed by atoms with E-state index in [0.29, 0.717) is 5.56 Å². The Morgan fingerprint density at radius 2 is 1.45 bits per heavy atom. The van der Waals surface area contributed by atoms with Crippen molar-refractivity contribution in [2.24, 2.45) is 5.73 Å². The second-order valence-electron chi connectivity index (χ2n) is 7.87. The zero-order valence-electron chi connectivity index (χ0n) is 19.1. The van der Waals surface area contributed by atoms with Crippen molar-refractivity contribution in [3.05, 3.63) is 112 Å². The number of fused-ring (bicyclic) bond motifs is 1. The number of carboxylic acid groups (broad SMARTS) is 2. The number of hydrogen-bond acceptors (Lipinski definition) is 3. The van der Waals surface area contributed by atoms with Gasteiger partial charge in [0.25, 0.3) is 0 Å². The fraction of sp³-hybridized carbons (Fsp3) is 0.214. The fourth-order valence-electron chi connectivity index (χ4n) is 3.39. The number of aromatic carboxylic acids is 1. The molecule has 0 saturated carbocycles. The summed E-state index contributed by atoms with van der Waals surface area (Å²) in [5.41, 5.74) is 13.3. The summed E-state index contributed by atoms with van der Waals surface area (Å²) in [5, 5.41) is 16.1. The van der Waals surface area contributed by atoms with Gasteiger partial charge in [0.1, 0.15) is 0 Å². The predicted octanol–water partition coefficient (Wildman–Crippen LogP) is 5.29. The minimum absolute atomic E-state index is 0.278. The molecule has 0 heterocycles. The molecule has 0 aliphatic heterocycles. The molecule has 0 radical (unpaired) electrons. The van der Waals surface area contributed by atoms with Gasteiger partial charge in [-0.3, -0.25) is 4.79 Å². The van der Waals surface area contributed by atoms with Gasteiger partial charge in [0, 0.05) is 0 Å². The molecular weight excluding hydrogens is 414 g/mol. The molecule has 0 fully saturated rings. The van der Waals surface area contributed by atoms with E-state index in [2.05, 4.69) is 67.3 Å². The second-order valence-corrected chi connectivity index (χ2v) is 7.87. The number of allylic oxidation sites excluding steroid dienone is 1. The summed E-state index contributed by atoms with van der Waals surface area (Å²) in [5.74, 6) is -1.84. The number of nitrogens with two attached hydrogens (primary N) is 1. The Bertz CT molecular complexity index is 1100. The first-order valence-electron chi connectivity index (χ1n) is 10.8. The maximum absolute atomic E-state index is 10.3. The number of aryl methyl sites for hydroxylation is 3. The molecule has 0 spiro atoms. The lowest BCUT2D eigenvalue weighted by Crippen LogP contribution is -2.10. The number of rotatable bonds is 5. The van der Waals surface area contributed by atoms with Crippen LogP contribution in [0.4, 0.5) is 0 Å². The molecule has 4 rings (SSSR count). The minimum Gasteiger partial charge on any atom is -0.480 e. The third-order valence-corrected chi connectivity index (χ3v) is 5.28. The van der Waals surface area contributed by atoms with Crippen molar-refractivity contribution in [3.63, 3.8) is 0 Å². The van der Waals surface area contributed by atoms with Gasteiger partial charge in [-0.2, -0.15) is 0 Å². The molecule has 3 aromatic rings. The number of benzene rings is 3. The van der Waals surface area contributed by atoms with Crippen LogP contribution in [0.5, 0.6) is 0 Å². The third-order valence-electron chi connectivity index (χ3n) is 5.28. The third kappa shape index (κ3) is 8.75. The molecule has 0 aromatic heterocycles. The van der Waals surface area contributed by atoms with Crippen molar-refractivity contribution in [3.8, 4) is 0 Å². The predicted molar refractivity (Wildman–Crippen MR) is 132 cm³/mol. The molecule has 172 valence electrons. The largest absolute Gasteiger partial charge is 0.480 e. The van der Waals surface area contributed by atoms with Gasteiger partial charge in [0.2, 0.25) is 0 Å². The highest BCUT2D eigenvalue weighted by molar-refractivity contribution is 5.87. The van der Waals surface area contributed by atoms with Crippen molar-refractivity contribution in [2.75, 3.05) is 6.54 Å². The van der Waals surface area contributed by atoms with Crippen LogP contribution in [0.15, 0.2) is 78.4 Å². The van der Waals surface area contributed by atoms with Crippen LogP contribution in [0.25, 0.3) is 6.08 Å². The Labute approximate surface area is 195 Å². The van der Waals surface area contributed by atoms with Gasteiger partial charge in [-0.25, -0.2) is 4.79 Å². The molecule has 4 N–H and O–H groups in total. The molecule has 3 aromatic carbocycles. The van der Waals surface area contributed by atoms with Crippen molar-refractivity contribution in [1.82, 2.24) is 0 Å². The van der Waals surface area contributed by atoms with Crippen LogP contribution < -0.4 is 5.73 Å². The first-order chi connectivity index (χ1) is 15.8. The van der Waals surface area contributed by atoms with Gasteiger partial charge in [0.05, 0.1) is 12.1 Å². The number of hydrogen-bond donors (Lipinski definition) is 3. The lowest BCUT2D eigenvalue weighted by molar-refractivity contribution is -0.135. The van der Waals surface area contributed by atoms with E-state index in [1.165, 1.54) is 28.7 Å². The molecule has 0 saturated heterocycles. The molecule has 5 heteroatoms. The first-order valence-corrected chi connectivity index (χ1v) is 10.8. The van der Waals surface area contributed by atoms with E-state index in [4.69, 9.17) is 10.2 Å². The normalized spacial score (nSPS) is 11.2. The summed E-state index contributed by atoms with van der Waals surface area (Å²) in [7, 11) is 0. The van der Waals surface area contributed by atoms with Crippen LogP contribution in [0.1, 0.15) is 44.6 Å². The maximum atomic E-state index is 10.3. The molecular formula is C28H31NO4. The first kappa shape index (κ1) is 25.6. The second kappa shape index (κ2) is 13.0. The minimum atomic E-state index is -0.968. The summed E-state index contributed by atoms with van der Waals surface area (Å²) in [6.45, 7) is 3.85. The van der Waals surface area contributed by atoms with Crippen LogP contribution in [-0.2, 0) is 17.6 Å². The highest BCUT2D eigenvalue weighted by atomic mass is 16.4. The molecule has 0 bridgehead atoms. The Morgan fingerprint density at radius 3 is 2.03 bits per heavy atom. The van der Waals surface area contributed by atoms with Crippen molar-refractivity contribution >= 4 is 18.0 Å². The Kier molecular flexibility index (Phi) is 10.1. The summed E-state index contributed by atoms with van der Waals surface area (Å²) in [6, 6.07) is 24.2. The standard InChI is InChI=1S/C18H18.C8H8O2.C2H5NO2/c1-14-6-2-3-7-16(14)11-10-15-12-17-8-4-5-9-18(17)13-15;1-6-2-4-7(5-3-6)8(9)10;3-1-2(4)5/h2-9,12H,10-11,13H2,1H3;2-5H,1H3,(H,9,10);1,3H2,(H,4,5). The summed E-state index contributed by atoms with van der Waals surface area (Å²) in [6.07, 6.45) is 5.85. The molecule has 0 unspecified atom stereocenters. The summed E-state index contributed by atoms with van der Waals surface area (Å²) >= 11 is 0. The smallest absolute Gasteiger partial charge is 0.335 e. The zero-order valence-corrected chi connectivity index (χ0v) is 19.1. The van der Waals surface area contributed by atoms with Crippen molar-refractivity contribution in [1.29, 1.82) is 0 Å². The quantitative estimate of drug-likeness (QED) is 0.495. The van der Waals surface area contributed by atoms with Crippen molar-refractivity contribution in [2.45, 2.75) is 33.1 Å². The van der Waals surface area contributed by atoms with E-state index < -0.39 is 11.9 Å². The molecule has 1 aliphatic rings. The van der Waals surface area contributed by atoms with E-state index in [1.54, 1.807) is 29.8 Å². The molecule has 5 nitrogen and oxygen atoms in total. The Hall–Kier alpha value is -3.70. The van der Waals surface area contributed by atoms with Gasteiger partial charge in [0.15, 0.2) is 0 Å². The lowest BCUT2D eigenvalue weighted by atomic mass is 10.00. The number of aliphatic carboxylic acids is 1. The molecule has 1 aliphatic carbocycles. The average molecular weight is 446 g/mol. The summed E-state index contributed by atoms with van der Waals surface area (Å²) < 4.78 is 0. The zero-order chi connectivity index (χ0) is 24.2. The Balaban J connectivity index is 0.000000217. The van der Waals surface area contributed by atoms with Crippen LogP contribution in [0.3, 0.4) is 0 Å². The highest BCUT2D eigenvalue weighted by Crippen LogP contribution is 2.27. The van der Waals surface area contributed by atoms with E-state index in [9.17, 15) is 9.59 Å². The van der Waals surface area contributed by atoms with E-state index >= 15 is 0 Å². The van der Waals surface area contributed by atoms with E-state index in [0.717, 1.165) is 18.4 Å². The molecule has 0 amide bonds. The molecule has 33 heavy (non-hydrogen) atoms. The van der Waals surface area contributed by atoms with E-state index in [-0.39, 0.29) is 6.54 Å². The van der Waals surface area contributed by atoms with E-state index in [1.807, 2.05) is 6.92 Å². The topological polar surface area (TPSA) is 101 Å². The van der Waals surface area contributed by atoms with Crippen LogP contribution in [-0.4, -0.2) is 28.7 Å². The monoisotopic (exact) mass is 445 g/mol. The van der Waals surface area contributed by atoms with Crippen LogP contribution in [0, 0.1) is 13.8 Å². The van der Waals surface area contributed by atoms with Crippen LogP contribution in [0.2, 0.25) is 0 Å². The average Bonchev–Trinajstić information content (AvgIpc) is 3.23. The highest BCUT2D eigenvalue weighted by Gasteiger charge is 2.11. The fourth-order valence-corrected chi connectivity index (χ4v) is 3.39. The van der Waals surface area contributed by atoms with Crippen LogP contribution >= 0.6 is 0 Å². The number of carboxylic acids is 2. The maximum Gasteiger partial charge on any atom is 0.335 e. The van der Waals surface area contributed by atoms with Crippen molar-refractivity contribution < 1.29 is 19.8 Å². The summed E-state index contributed by atoms with van der Waals surface area (Å²) in [4.78, 5) is 19.6. The Morgan fingerprint density at radius 1 is 0.848 bits per heavy atom. The lowest BCUT2D eigenvalue weighted by Gasteiger charge is -2.06. The SMILES string of the molecule is Cc1ccc(C(=O)O)cc1.Cc1ccccc1CCC1=Cc2ccccc2C1.NCC(=O)O. The van der Waals surface area contributed by atoms with Gasteiger partial charge in [-0.15, -0.1) is 0 Å².